The average Bonchev–Trinajstić information content (AvgIpc) is 2.83. The quantitative estimate of drug-likeness (QED) is 0.527. The van der Waals surface area contributed by atoms with Gasteiger partial charge in [0.25, 0.3) is 11.8 Å². The Morgan fingerprint density at radius 1 is 0.844 bits per heavy atom. The highest BCUT2D eigenvalue weighted by Crippen LogP contribution is 2.27. The minimum absolute atomic E-state index is 0.182. The number of nitrogens with one attached hydrogen (secondary N) is 2. The minimum atomic E-state index is -0.400. The molecule has 3 rings (SSSR count). The van der Waals surface area contributed by atoms with E-state index in [1.54, 1.807) is 42.5 Å². The van der Waals surface area contributed by atoms with E-state index in [-0.39, 0.29) is 18.6 Å². The maximum atomic E-state index is 12.8. The van der Waals surface area contributed by atoms with Gasteiger partial charge in [0.2, 0.25) is 0 Å². The van der Waals surface area contributed by atoms with Crippen molar-refractivity contribution in [1.29, 1.82) is 0 Å². The minimum Gasteiger partial charge on any atom is -0.496 e. The lowest BCUT2D eigenvalue weighted by Gasteiger charge is -2.16. The van der Waals surface area contributed by atoms with Crippen LogP contribution in [-0.2, 0) is 4.79 Å². The molecule has 3 aromatic carbocycles. The molecule has 0 spiro atoms. The number of benzene rings is 3. The van der Waals surface area contributed by atoms with Crippen molar-refractivity contribution in [3.8, 4) is 17.2 Å². The first-order valence-electron chi connectivity index (χ1n) is 10.1. The number of rotatable bonds is 9. The maximum absolute atomic E-state index is 12.8. The summed E-state index contributed by atoms with van der Waals surface area (Å²) in [6.07, 6.45) is 0. The summed E-state index contributed by atoms with van der Waals surface area (Å²) in [7, 11) is 3.07. The molecule has 2 amide bonds. The fraction of sp³-hybridized carbons (Fsp3) is 0.200. The fourth-order valence-electron chi connectivity index (χ4n) is 3.09. The average molecular weight is 434 g/mol. The third-order valence-electron chi connectivity index (χ3n) is 4.79. The van der Waals surface area contributed by atoms with Crippen molar-refractivity contribution >= 4 is 17.5 Å². The molecule has 0 aliphatic rings. The van der Waals surface area contributed by atoms with E-state index < -0.39 is 5.91 Å². The van der Waals surface area contributed by atoms with E-state index in [0.717, 1.165) is 5.56 Å². The summed E-state index contributed by atoms with van der Waals surface area (Å²) in [5.74, 6) is 0.849. The van der Waals surface area contributed by atoms with Gasteiger partial charge in [-0.25, -0.2) is 0 Å². The zero-order valence-corrected chi connectivity index (χ0v) is 18.3. The molecule has 0 radical (unpaired) electrons. The fourth-order valence-corrected chi connectivity index (χ4v) is 3.09. The molecule has 0 saturated heterocycles. The second-order valence-corrected chi connectivity index (χ2v) is 7.04. The number of para-hydroxylation sites is 1. The summed E-state index contributed by atoms with van der Waals surface area (Å²) in [6.45, 7) is 1.66. The Balaban J connectivity index is 1.64. The Bertz CT molecular complexity index is 1050. The van der Waals surface area contributed by atoms with Crippen LogP contribution in [0.2, 0.25) is 0 Å². The van der Waals surface area contributed by atoms with Crippen molar-refractivity contribution in [3.63, 3.8) is 0 Å². The zero-order valence-electron chi connectivity index (χ0n) is 18.3. The number of anilines is 1. The van der Waals surface area contributed by atoms with Crippen LogP contribution in [0.5, 0.6) is 17.2 Å². The van der Waals surface area contributed by atoms with Gasteiger partial charge in [-0.05, 0) is 24.6 Å². The summed E-state index contributed by atoms with van der Waals surface area (Å²) in [5.41, 5.74) is 1.76. The van der Waals surface area contributed by atoms with Crippen LogP contribution >= 0.6 is 0 Å². The summed E-state index contributed by atoms with van der Waals surface area (Å²) < 4.78 is 16.0. The molecule has 1 atom stereocenters. The first-order valence-corrected chi connectivity index (χ1v) is 10.1. The van der Waals surface area contributed by atoms with Gasteiger partial charge in [-0.15, -0.1) is 0 Å². The third kappa shape index (κ3) is 6.01. The molecule has 0 fully saturated rings. The second kappa shape index (κ2) is 10.9. The number of amides is 2. The topological polar surface area (TPSA) is 85.9 Å². The SMILES string of the molecule is COc1cc(OC)cc(OCC(=O)Nc2ccccc2C(=O)N[C@@H](C)c2ccccc2)c1. The predicted molar refractivity (Wildman–Crippen MR) is 122 cm³/mol. The number of methoxy groups -OCH3 is 2. The standard InChI is InChI=1S/C25H26N2O5/c1-17(18-9-5-4-6-10-18)26-25(29)22-11-7-8-12-23(22)27-24(28)16-32-21-14-19(30-2)13-20(15-21)31-3/h4-15,17H,16H2,1-3H3,(H,26,29)(H,27,28)/t17-/m0/s1. The van der Waals surface area contributed by atoms with Gasteiger partial charge in [0.15, 0.2) is 6.61 Å². The molecule has 0 aromatic heterocycles. The first-order chi connectivity index (χ1) is 15.5. The molecule has 0 saturated carbocycles. The molecule has 166 valence electrons. The molecule has 0 aliphatic carbocycles. The van der Waals surface area contributed by atoms with Gasteiger partial charge >= 0.3 is 0 Å². The summed E-state index contributed by atoms with van der Waals surface area (Å²) >= 11 is 0. The van der Waals surface area contributed by atoms with E-state index in [1.165, 1.54) is 14.2 Å². The largest absolute Gasteiger partial charge is 0.496 e. The highest BCUT2D eigenvalue weighted by molar-refractivity contribution is 6.04. The van der Waals surface area contributed by atoms with E-state index >= 15 is 0 Å². The lowest BCUT2D eigenvalue weighted by Crippen LogP contribution is -2.28. The van der Waals surface area contributed by atoms with Crippen LogP contribution in [0.4, 0.5) is 5.69 Å². The molecule has 32 heavy (non-hydrogen) atoms. The van der Waals surface area contributed by atoms with Gasteiger partial charge in [-0.3, -0.25) is 9.59 Å². The Hall–Kier alpha value is -4.00. The lowest BCUT2D eigenvalue weighted by molar-refractivity contribution is -0.118. The first kappa shape index (κ1) is 22.7. The van der Waals surface area contributed by atoms with Crippen molar-refractivity contribution < 1.29 is 23.8 Å². The summed E-state index contributed by atoms with van der Waals surface area (Å²) in [5, 5.41) is 5.70. The van der Waals surface area contributed by atoms with Crippen LogP contribution in [0, 0.1) is 0 Å². The Morgan fingerprint density at radius 2 is 1.44 bits per heavy atom. The normalized spacial score (nSPS) is 11.2. The van der Waals surface area contributed by atoms with Crippen LogP contribution in [0.3, 0.4) is 0 Å². The van der Waals surface area contributed by atoms with Gasteiger partial charge in [0.05, 0.1) is 31.5 Å². The van der Waals surface area contributed by atoms with Crippen LogP contribution < -0.4 is 24.8 Å². The van der Waals surface area contributed by atoms with Crippen LogP contribution in [0.25, 0.3) is 0 Å². The molecule has 3 aromatic rings. The third-order valence-corrected chi connectivity index (χ3v) is 4.79. The number of carbonyl (C=O) groups is 2. The zero-order chi connectivity index (χ0) is 22.9. The lowest BCUT2D eigenvalue weighted by atomic mass is 10.1. The van der Waals surface area contributed by atoms with E-state index in [2.05, 4.69) is 10.6 Å². The molecule has 0 aliphatic heterocycles. The van der Waals surface area contributed by atoms with Crippen molar-refractivity contribution in [2.45, 2.75) is 13.0 Å². The van der Waals surface area contributed by atoms with Crippen LogP contribution in [0.15, 0.2) is 72.8 Å². The number of ether oxygens (including phenoxy) is 3. The molecule has 7 heteroatoms. The van der Waals surface area contributed by atoms with E-state index in [1.807, 2.05) is 37.3 Å². The van der Waals surface area contributed by atoms with E-state index in [9.17, 15) is 9.59 Å². The Labute approximate surface area is 187 Å². The molecule has 0 heterocycles. The summed E-state index contributed by atoms with van der Waals surface area (Å²) in [4.78, 5) is 25.3. The molecule has 0 bridgehead atoms. The highest BCUT2D eigenvalue weighted by atomic mass is 16.5. The number of hydrogen-bond donors (Lipinski definition) is 2. The van der Waals surface area contributed by atoms with Gasteiger partial charge < -0.3 is 24.8 Å². The Kier molecular flexibility index (Phi) is 7.70. The number of hydrogen-bond acceptors (Lipinski definition) is 5. The van der Waals surface area contributed by atoms with Crippen molar-refractivity contribution in [2.24, 2.45) is 0 Å². The second-order valence-electron chi connectivity index (χ2n) is 7.04. The van der Waals surface area contributed by atoms with Crippen molar-refractivity contribution in [2.75, 3.05) is 26.1 Å². The monoisotopic (exact) mass is 434 g/mol. The van der Waals surface area contributed by atoms with Gasteiger partial charge in [-0.1, -0.05) is 42.5 Å². The van der Waals surface area contributed by atoms with Crippen LogP contribution in [0.1, 0.15) is 28.9 Å². The van der Waals surface area contributed by atoms with Gasteiger partial charge in [0.1, 0.15) is 17.2 Å². The Morgan fingerprint density at radius 3 is 2.09 bits per heavy atom. The van der Waals surface area contributed by atoms with Crippen LogP contribution in [-0.4, -0.2) is 32.6 Å². The molecular weight excluding hydrogens is 408 g/mol. The highest BCUT2D eigenvalue weighted by Gasteiger charge is 2.16. The maximum Gasteiger partial charge on any atom is 0.262 e. The molecule has 0 unspecified atom stereocenters. The van der Waals surface area contributed by atoms with Gasteiger partial charge in [-0.2, -0.15) is 0 Å². The van der Waals surface area contributed by atoms with E-state index in [0.29, 0.717) is 28.5 Å². The molecule has 7 nitrogen and oxygen atoms in total. The molecule has 2 N–H and O–H groups in total. The molecular formula is C25H26N2O5. The summed E-state index contributed by atoms with van der Waals surface area (Å²) in [6, 6.07) is 21.3. The van der Waals surface area contributed by atoms with Crippen molar-refractivity contribution in [3.05, 3.63) is 83.9 Å². The van der Waals surface area contributed by atoms with E-state index in [4.69, 9.17) is 14.2 Å². The van der Waals surface area contributed by atoms with Crippen molar-refractivity contribution in [1.82, 2.24) is 5.32 Å². The number of carbonyl (C=O) groups excluding carboxylic acids is 2. The predicted octanol–water partition coefficient (Wildman–Crippen LogP) is 4.21. The smallest absolute Gasteiger partial charge is 0.262 e. The van der Waals surface area contributed by atoms with Gasteiger partial charge in [0, 0.05) is 18.2 Å².